The number of alkyl halides is 1. The van der Waals surface area contributed by atoms with Gasteiger partial charge in [-0.1, -0.05) is 23.7 Å². The molecule has 96 valence electrons. The molecule has 1 aromatic carbocycles. The van der Waals surface area contributed by atoms with Crippen molar-refractivity contribution in [2.45, 2.75) is 32.9 Å². The van der Waals surface area contributed by atoms with Gasteiger partial charge in [0.05, 0.1) is 5.02 Å². The van der Waals surface area contributed by atoms with Gasteiger partial charge in [-0.3, -0.25) is 4.90 Å². The van der Waals surface area contributed by atoms with Crippen molar-refractivity contribution in [3.05, 3.63) is 34.6 Å². The van der Waals surface area contributed by atoms with Gasteiger partial charge < -0.3 is 0 Å². The lowest BCUT2D eigenvalue weighted by molar-refractivity contribution is 0.211. The molecule has 0 unspecified atom stereocenters. The fourth-order valence-corrected chi connectivity index (χ4v) is 1.99. The fraction of sp³-hybridized carbons (Fsp3) is 0.538. The second-order valence-electron chi connectivity index (χ2n) is 4.32. The van der Waals surface area contributed by atoms with E-state index in [1.54, 1.807) is 18.2 Å². The maximum absolute atomic E-state index is 13.8. The van der Waals surface area contributed by atoms with Gasteiger partial charge in [0.15, 0.2) is 0 Å². The Labute approximate surface area is 113 Å². The summed E-state index contributed by atoms with van der Waals surface area (Å²) < 4.78 is 13.8. The lowest BCUT2D eigenvalue weighted by Crippen LogP contribution is -2.31. The van der Waals surface area contributed by atoms with Crippen molar-refractivity contribution in [3.63, 3.8) is 0 Å². The van der Waals surface area contributed by atoms with Crippen molar-refractivity contribution in [2.24, 2.45) is 0 Å². The molecule has 0 aliphatic carbocycles. The standard InChI is InChI=1S/C13H18Cl2FN/c1-10(2)17(8-4-7-14)9-11-5-3-6-12(15)13(11)16/h3,5-6,10H,4,7-9H2,1-2H3. The molecule has 0 radical (unpaired) electrons. The predicted octanol–water partition coefficient (Wildman–Crippen LogP) is 4.32. The molecule has 0 saturated heterocycles. The van der Waals surface area contributed by atoms with Crippen LogP contribution in [0.5, 0.6) is 0 Å². The maximum Gasteiger partial charge on any atom is 0.146 e. The number of rotatable bonds is 6. The van der Waals surface area contributed by atoms with Crippen LogP contribution in [-0.4, -0.2) is 23.4 Å². The Morgan fingerprint density at radius 3 is 2.65 bits per heavy atom. The van der Waals surface area contributed by atoms with Crippen molar-refractivity contribution in [1.29, 1.82) is 0 Å². The second kappa shape index (κ2) is 7.20. The van der Waals surface area contributed by atoms with E-state index in [-0.39, 0.29) is 10.8 Å². The van der Waals surface area contributed by atoms with E-state index < -0.39 is 0 Å². The molecule has 0 saturated carbocycles. The zero-order chi connectivity index (χ0) is 12.8. The Bertz CT molecular complexity index is 355. The summed E-state index contributed by atoms with van der Waals surface area (Å²) in [6, 6.07) is 5.48. The number of benzene rings is 1. The molecule has 0 amide bonds. The van der Waals surface area contributed by atoms with E-state index in [0.29, 0.717) is 24.0 Å². The Kier molecular flexibility index (Phi) is 6.24. The summed E-state index contributed by atoms with van der Waals surface area (Å²) in [6.45, 7) is 5.63. The topological polar surface area (TPSA) is 3.24 Å². The van der Waals surface area contributed by atoms with E-state index in [2.05, 4.69) is 18.7 Å². The molecular formula is C13H18Cl2FN. The molecule has 0 aliphatic rings. The van der Waals surface area contributed by atoms with Crippen LogP contribution in [-0.2, 0) is 6.54 Å². The van der Waals surface area contributed by atoms with Crippen LogP contribution < -0.4 is 0 Å². The van der Waals surface area contributed by atoms with Crippen LogP contribution >= 0.6 is 23.2 Å². The summed E-state index contributed by atoms with van der Waals surface area (Å²) in [7, 11) is 0. The molecule has 0 N–H and O–H groups in total. The average Bonchev–Trinajstić information content (AvgIpc) is 2.29. The van der Waals surface area contributed by atoms with Crippen LogP contribution in [0.15, 0.2) is 18.2 Å². The average molecular weight is 278 g/mol. The first-order valence-corrected chi connectivity index (χ1v) is 6.70. The summed E-state index contributed by atoms with van der Waals surface area (Å²) in [6.07, 6.45) is 0.905. The monoisotopic (exact) mass is 277 g/mol. The Hall–Kier alpha value is -0.310. The molecule has 1 nitrogen and oxygen atoms in total. The molecule has 0 heterocycles. The highest BCUT2D eigenvalue weighted by Crippen LogP contribution is 2.20. The van der Waals surface area contributed by atoms with Crippen molar-refractivity contribution < 1.29 is 4.39 Å². The summed E-state index contributed by atoms with van der Waals surface area (Å²) in [5.41, 5.74) is 0.640. The third kappa shape index (κ3) is 4.46. The largest absolute Gasteiger partial charge is 0.297 e. The van der Waals surface area contributed by atoms with Crippen molar-refractivity contribution in [3.8, 4) is 0 Å². The Balaban J connectivity index is 2.75. The van der Waals surface area contributed by atoms with E-state index in [0.717, 1.165) is 13.0 Å². The minimum atomic E-state index is -0.314. The second-order valence-corrected chi connectivity index (χ2v) is 5.10. The van der Waals surface area contributed by atoms with Crippen molar-refractivity contribution >= 4 is 23.2 Å². The first-order chi connectivity index (χ1) is 8.06. The SMILES string of the molecule is CC(C)N(CCCCl)Cc1cccc(Cl)c1F. The van der Waals surface area contributed by atoms with Gasteiger partial charge in [-0.2, -0.15) is 0 Å². The number of halogens is 3. The van der Waals surface area contributed by atoms with Crippen LogP contribution in [0.25, 0.3) is 0 Å². The molecule has 0 fully saturated rings. The molecule has 0 aromatic heterocycles. The lowest BCUT2D eigenvalue weighted by atomic mass is 10.1. The van der Waals surface area contributed by atoms with Gasteiger partial charge in [0.1, 0.15) is 5.82 Å². The van der Waals surface area contributed by atoms with E-state index >= 15 is 0 Å². The summed E-state index contributed by atoms with van der Waals surface area (Å²) in [5.74, 6) is 0.312. The minimum absolute atomic E-state index is 0.184. The van der Waals surface area contributed by atoms with Gasteiger partial charge in [0.25, 0.3) is 0 Å². The molecule has 1 rings (SSSR count). The molecule has 1 aromatic rings. The first kappa shape index (κ1) is 14.7. The van der Waals surface area contributed by atoms with Gasteiger partial charge in [0.2, 0.25) is 0 Å². The summed E-state index contributed by atoms with van der Waals surface area (Å²) in [5, 5.41) is 0.184. The fourth-order valence-electron chi connectivity index (χ4n) is 1.67. The van der Waals surface area contributed by atoms with Crippen LogP contribution in [0.2, 0.25) is 5.02 Å². The number of nitrogens with zero attached hydrogens (tertiary/aromatic N) is 1. The number of hydrogen-bond acceptors (Lipinski definition) is 1. The summed E-state index contributed by atoms with van der Waals surface area (Å²) >= 11 is 11.5. The first-order valence-electron chi connectivity index (χ1n) is 5.79. The van der Waals surface area contributed by atoms with Crippen LogP contribution in [0.4, 0.5) is 4.39 Å². The van der Waals surface area contributed by atoms with Gasteiger partial charge in [-0.15, -0.1) is 11.6 Å². The van der Waals surface area contributed by atoms with Gasteiger partial charge in [0, 0.05) is 24.0 Å². The Morgan fingerprint density at radius 1 is 1.35 bits per heavy atom. The molecule has 0 aliphatic heterocycles. The predicted molar refractivity (Wildman–Crippen MR) is 72.3 cm³/mol. The molecule has 0 spiro atoms. The highest BCUT2D eigenvalue weighted by molar-refractivity contribution is 6.30. The van der Waals surface area contributed by atoms with Crippen LogP contribution in [0.3, 0.4) is 0 Å². The molecule has 4 heteroatoms. The zero-order valence-electron chi connectivity index (χ0n) is 10.2. The van der Waals surface area contributed by atoms with Crippen molar-refractivity contribution in [2.75, 3.05) is 12.4 Å². The molecular weight excluding hydrogens is 260 g/mol. The van der Waals surface area contributed by atoms with Crippen LogP contribution in [0.1, 0.15) is 25.8 Å². The minimum Gasteiger partial charge on any atom is -0.297 e. The number of hydrogen-bond donors (Lipinski definition) is 0. The summed E-state index contributed by atoms with van der Waals surface area (Å²) in [4.78, 5) is 2.19. The van der Waals surface area contributed by atoms with E-state index in [9.17, 15) is 4.39 Å². The van der Waals surface area contributed by atoms with Crippen LogP contribution in [0, 0.1) is 5.82 Å². The van der Waals surface area contributed by atoms with Crippen molar-refractivity contribution in [1.82, 2.24) is 4.90 Å². The highest BCUT2D eigenvalue weighted by atomic mass is 35.5. The normalized spacial score (nSPS) is 11.5. The highest BCUT2D eigenvalue weighted by Gasteiger charge is 2.13. The van der Waals surface area contributed by atoms with Gasteiger partial charge >= 0.3 is 0 Å². The zero-order valence-corrected chi connectivity index (χ0v) is 11.7. The third-order valence-corrected chi connectivity index (χ3v) is 3.27. The third-order valence-electron chi connectivity index (χ3n) is 2.71. The van der Waals surface area contributed by atoms with Gasteiger partial charge in [-0.05, 0) is 32.9 Å². The lowest BCUT2D eigenvalue weighted by Gasteiger charge is -2.26. The van der Waals surface area contributed by atoms with Gasteiger partial charge in [-0.25, -0.2) is 4.39 Å². The van der Waals surface area contributed by atoms with E-state index in [1.165, 1.54) is 0 Å². The maximum atomic E-state index is 13.8. The molecule has 0 bridgehead atoms. The van der Waals surface area contributed by atoms with E-state index in [4.69, 9.17) is 23.2 Å². The van der Waals surface area contributed by atoms with E-state index in [1.807, 2.05) is 0 Å². The quantitative estimate of drug-likeness (QED) is 0.700. The smallest absolute Gasteiger partial charge is 0.146 e. The Morgan fingerprint density at radius 2 is 2.06 bits per heavy atom. The molecule has 0 atom stereocenters. The molecule has 17 heavy (non-hydrogen) atoms.